The molecule has 0 spiro atoms. The molecule has 162 valence electrons. The van der Waals surface area contributed by atoms with Crippen molar-refractivity contribution in [2.75, 3.05) is 44.7 Å². The minimum absolute atomic E-state index is 0.261. The molecular formula is C23H23ClFN3O3. The maximum atomic E-state index is 13.6. The molecule has 2 aliphatic rings. The Bertz CT molecular complexity index is 1050. The molecule has 0 saturated carbocycles. The van der Waals surface area contributed by atoms with E-state index in [4.69, 9.17) is 16.3 Å². The molecule has 0 unspecified atom stereocenters. The van der Waals surface area contributed by atoms with Crippen LogP contribution in [0.25, 0.3) is 5.57 Å². The molecule has 0 atom stereocenters. The van der Waals surface area contributed by atoms with E-state index in [1.165, 1.54) is 37.4 Å². The van der Waals surface area contributed by atoms with E-state index < -0.39 is 17.6 Å². The minimum Gasteiger partial charge on any atom is -0.495 e. The van der Waals surface area contributed by atoms with Crippen LogP contribution in [0.15, 0.2) is 48.2 Å². The van der Waals surface area contributed by atoms with Gasteiger partial charge in [0.15, 0.2) is 0 Å². The zero-order chi connectivity index (χ0) is 22.1. The van der Waals surface area contributed by atoms with Gasteiger partial charge in [0.05, 0.1) is 18.4 Å². The molecule has 4 rings (SSSR count). The Morgan fingerprint density at radius 2 is 1.68 bits per heavy atom. The maximum absolute atomic E-state index is 13.6. The van der Waals surface area contributed by atoms with Gasteiger partial charge < -0.3 is 14.5 Å². The second kappa shape index (κ2) is 8.69. The number of benzene rings is 2. The van der Waals surface area contributed by atoms with Crippen molar-refractivity contribution in [2.24, 2.45) is 0 Å². The molecule has 2 aromatic rings. The van der Waals surface area contributed by atoms with Gasteiger partial charge in [0, 0.05) is 31.2 Å². The Kier molecular flexibility index (Phi) is 5.98. The van der Waals surface area contributed by atoms with Gasteiger partial charge in [-0.05, 0) is 42.4 Å². The third-order valence-electron chi connectivity index (χ3n) is 5.71. The lowest BCUT2D eigenvalue weighted by Gasteiger charge is -2.36. The van der Waals surface area contributed by atoms with Crippen LogP contribution in [-0.4, -0.2) is 61.4 Å². The molecule has 2 aromatic carbocycles. The number of nitrogens with zero attached hydrogens (tertiary/aromatic N) is 3. The molecule has 2 aliphatic heterocycles. The topological polar surface area (TPSA) is 53.1 Å². The van der Waals surface area contributed by atoms with Crippen LogP contribution in [0.1, 0.15) is 12.5 Å². The highest BCUT2D eigenvalue weighted by molar-refractivity contribution is 6.46. The summed E-state index contributed by atoms with van der Waals surface area (Å²) in [5.74, 6) is -0.964. The smallest absolute Gasteiger partial charge is 0.282 e. The molecule has 2 heterocycles. The summed E-state index contributed by atoms with van der Waals surface area (Å²) in [6.07, 6.45) is 0. The van der Waals surface area contributed by atoms with Crippen molar-refractivity contribution in [3.05, 3.63) is 64.6 Å². The third-order valence-corrected chi connectivity index (χ3v) is 5.94. The Morgan fingerprint density at radius 1 is 1.00 bits per heavy atom. The predicted octanol–water partition coefficient (Wildman–Crippen LogP) is 3.41. The van der Waals surface area contributed by atoms with Gasteiger partial charge in [0.1, 0.15) is 17.3 Å². The van der Waals surface area contributed by atoms with Gasteiger partial charge in [-0.15, -0.1) is 0 Å². The predicted molar refractivity (Wildman–Crippen MR) is 118 cm³/mol. The molecule has 0 N–H and O–H groups in total. The number of imide groups is 1. The lowest BCUT2D eigenvalue weighted by Crippen LogP contribution is -2.47. The first kappa shape index (κ1) is 21.3. The van der Waals surface area contributed by atoms with Crippen molar-refractivity contribution in [3.8, 4) is 5.75 Å². The van der Waals surface area contributed by atoms with Crippen molar-refractivity contribution in [2.45, 2.75) is 6.92 Å². The number of methoxy groups -OCH3 is 1. The molecule has 31 heavy (non-hydrogen) atoms. The van der Waals surface area contributed by atoms with Crippen LogP contribution in [0.4, 0.5) is 10.1 Å². The van der Waals surface area contributed by atoms with Gasteiger partial charge >= 0.3 is 0 Å². The Morgan fingerprint density at radius 3 is 2.29 bits per heavy atom. The largest absolute Gasteiger partial charge is 0.495 e. The van der Waals surface area contributed by atoms with E-state index in [0.29, 0.717) is 35.1 Å². The van der Waals surface area contributed by atoms with E-state index in [2.05, 4.69) is 11.8 Å². The second-order valence-corrected chi connectivity index (χ2v) is 7.85. The SMILES string of the molecule is CCN1CCN(C2=C(c3ccc(F)cc3)C(=O)N(c3cc(Cl)ccc3OC)C2=O)CC1. The number of likely N-dealkylation sites (N-methyl/N-ethyl adjacent to an activating group) is 1. The van der Waals surface area contributed by atoms with Crippen molar-refractivity contribution in [3.63, 3.8) is 0 Å². The number of amides is 2. The fraction of sp³-hybridized carbons (Fsp3) is 0.304. The van der Waals surface area contributed by atoms with Crippen molar-refractivity contribution >= 4 is 34.7 Å². The number of ether oxygens (including phenoxy) is 1. The van der Waals surface area contributed by atoms with Crippen molar-refractivity contribution in [1.29, 1.82) is 0 Å². The third kappa shape index (κ3) is 3.91. The van der Waals surface area contributed by atoms with Crippen molar-refractivity contribution < 1.29 is 18.7 Å². The molecular weight excluding hydrogens is 421 g/mol. The number of hydrogen-bond acceptors (Lipinski definition) is 5. The van der Waals surface area contributed by atoms with E-state index in [1.54, 1.807) is 12.1 Å². The number of carbonyl (C=O) groups is 2. The molecule has 1 saturated heterocycles. The van der Waals surface area contributed by atoms with Gasteiger partial charge in [-0.1, -0.05) is 30.7 Å². The molecule has 0 bridgehead atoms. The van der Waals surface area contributed by atoms with E-state index in [1.807, 2.05) is 4.90 Å². The minimum atomic E-state index is -0.481. The second-order valence-electron chi connectivity index (χ2n) is 7.41. The Labute approximate surface area is 185 Å². The average molecular weight is 444 g/mol. The van der Waals surface area contributed by atoms with Crippen LogP contribution >= 0.6 is 11.6 Å². The van der Waals surface area contributed by atoms with E-state index >= 15 is 0 Å². The van der Waals surface area contributed by atoms with Gasteiger partial charge in [0.25, 0.3) is 11.8 Å². The summed E-state index contributed by atoms with van der Waals surface area (Å²) in [6, 6.07) is 10.4. The molecule has 0 aliphatic carbocycles. The number of hydrogen-bond donors (Lipinski definition) is 0. The van der Waals surface area contributed by atoms with Gasteiger partial charge in [-0.25, -0.2) is 9.29 Å². The van der Waals surface area contributed by atoms with Gasteiger partial charge in [-0.2, -0.15) is 0 Å². The Hall–Kier alpha value is -2.90. The van der Waals surface area contributed by atoms with E-state index in [0.717, 1.165) is 24.5 Å². The molecule has 0 radical (unpaired) electrons. The average Bonchev–Trinajstić information content (AvgIpc) is 3.04. The highest BCUT2D eigenvalue weighted by atomic mass is 35.5. The van der Waals surface area contributed by atoms with Crippen LogP contribution in [0, 0.1) is 5.82 Å². The fourth-order valence-electron chi connectivity index (χ4n) is 4.03. The number of halogens is 2. The van der Waals surface area contributed by atoms with Crippen LogP contribution < -0.4 is 9.64 Å². The molecule has 0 aromatic heterocycles. The quantitative estimate of drug-likeness (QED) is 0.663. The maximum Gasteiger partial charge on any atom is 0.282 e. The molecule has 8 heteroatoms. The first-order valence-electron chi connectivity index (χ1n) is 10.1. The van der Waals surface area contributed by atoms with Crippen LogP contribution in [0.5, 0.6) is 5.75 Å². The summed E-state index contributed by atoms with van der Waals surface area (Å²) in [7, 11) is 1.47. The zero-order valence-electron chi connectivity index (χ0n) is 17.4. The van der Waals surface area contributed by atoms with Crippen LogP contribution in [0.3, 0.4) is 0 Å². The normalized spacial score (nSPS) is 17.7. The molecule has 2 amide bonds. The first-order valence-corrected chi connectivity index (χ1v) is 10.5. The number of anilines is 1. The van der Waals surface area contributed by atoms with Crippen LogP contribution in [-0.2, 0) is 9.59 Å². The first-order chi connectivity index (χ1) is 14.9. The summed E-state index contributed by atoms with van der Waals surface area (Å²) in [6.45, 7) is 5.84. The van der Waals surface area contributed by atoms with Gasteiger partial charge in [-0.3, -0.25) is 9.59 Å². The standard InChI is InChI=1S/C23H23ClFN3O3/c1-3-26-10-12-27(13-11-26)21-20(15-4-7-17(25)8-5-15)22(29)28(23(21)30)18-14-16(24)6-9-19(18)31-2/h4-9,14H,3,10-13H2,1-2H3. The highest BCUT2D eigenvalue weighted by Crippen LogP contribution is 2.40. The highest BCUT2D eigenvalue weighted by Gasteiger charge is 2.44. The zero-order valence-corrected chi connectivity index (χ0v) is 18.2. The molecule has 1 fully saturated rings. The lowest BCUT2D eigenvalue weighted by molar-refractivity contribution is -0.120. The van der Waals surface area contributed by atoms with Gasteiger partial charge in [0.2, 0.25) is 0 Å². The lowest BCUT2D eigenvalue weighted by atomic mass is 10.0. The summed E-state index contributed by atoms with van der Waals surface area (Å²) in [5, 5.41) is 0.379. The monoisotopic (exact) mass is 443 g/mol. The Balaban J connectivity index is 1.81. The summed E-state index contributed by atoms with van der Waals surface area (Å²) in [4.78, 5) is 32.5. The van der Waals surface area contributed by atoms with E-state index in [9.17, 15) is 14.0 Å². The summed E-state index contributed by atoms with van der Waals surface area (Å²) >= 11 is 6.16. The molecule has 6 nitrogen and oxygen atoms in total. The van der Waals surface area contributed by atoms with E-state index in [-0.39, 0.29) is 11.3 Å². The summed E-state index contributed by atoms with van der Waals surface area (Å²) < 4.78 is 18.9. The fourth-order valence-corrected chi connectivity index (χ4v) is 4.20. The van der Waals surface area contributed by atoms with Crippen LogP contribution in [0.2, 0.25) is 5.02 Å². The summed E-state index contributed by atoms with van der Waals surface area (Å²) in [5.41, 5.74) is 1.37. The number of carbonyl (C=O) groups excluding carboxylic acids is 2. The number of piperazine rings is 1. The van der Waals surface area contributed by atoms with Crippen molar-refractivity contribution in [1.82, 2.24) is 9.80 Å². The number of rotatable bonds is 5.